The van der Waals surface area contributed by atoms with E-state index in [1.165, 1.54) is 12.1 Å². The van der Waals surface area contributed by atoms with Crippen LogP contribution in [-0.2, 0) is 29.8 Å². The number of rotatable bonds is 17. The van der Waals surface area contributed by atoms with E-state index in [1.54, 1.807) is 50.2 Å². The van der Waals surface area contributed by atoms with Crippen molar-refractivity contribution in [3.63, 3.8) is 0 Å². The van der Waals surface area contributed by atoms with Gasteiger partial charge in [-0.15, -0.1) is 20.5 Å². The normalized spacial score (nSPS) is 11.6. The fourth-order valence-corrected chi connectivity index (χ4v) is 7.77. The van der Waals surface area contributed by atoms with Crippen LogP contribution in [0.15, 0.2) is 174 Å². The first kappa shape index (κ1) is 71.9. The molecule has 0 aliphatic carbocycles. The van der Waals surface area contributed by atoms with Gasteiger partial charge in [0.05, 0.1) is 33.1 Å². The topological polar surface area (TPSA) is 425 Å². The molecule has 6 aromatic rings. The molecule has 6 amide bonds. The van der Waals surface area contributed by atoms with E-state index in [4.69, 9.17) is 0 Å². The van der Waals surface area contributed by atoms with Crippen LogP contribution in [0.25, 0.3) is 11.1 Å². The molecule has 8 N–H and O–H groups in total. The SMILES string of the molecule is C/C(O)=C(/N=Nc1ccc(NC(=O)Nc2ccc(S(=O)(=O)[O-])cc2)cc1C(=O)[O-])C(=O)Nc1ccc(-c2ccc(NC(=O)/C(N=Nc3ccc(NC(=O)Nc4ccc(S(=O)(=O)[O-])cc4)cc3C(=O)[O-])=C(\C)O)c(C)c2)cc1C.[Na+].[Na+].[Na+].[Na+]. The first-order chi connectivity index (χ1) is 36.7. The second kappa shape index (κ2) is 31.5. The number of aliphatic hydroxyl groups is 2. The maximum absolute atomic E-state index is 13.4. The van der Waals surface area contributed by atoms with Crippen molar-refractivity contribution < 1.29 is 193 Å². The standard InChI is InChI=1S/C50H44N10O16S2.4Na/c1-25-21-29(5-17-39(25)55-45(63)43(27(3)61)59-57-41-19-11-33(23-37(41)47(65)66)53-49(69)51-31-7-13-35(14-8-31)77(71,72)73)30-6-18-40(26(2)22-30)56-46(64)44(28(4)62)60-58-42-20-12-34(24-38(42)48(67)68)54-50(70)52-32-9-15-36(16-10-32)78(74,75)76;;;;/h5-24,61-62H,1-4H3,(H,55,63)(H,56,64)(H,65,66)(H,67,68)(H2,51,53,69)(H2,52,54,70)(H,71,72,73)(H,74,75,76);;;;/q;4*+1/p-4/b43-27-,44-28-,59-57?,60-58?;;;;. The fraction of sp³-hybridized carbons (Fsp3) is 0.0800. The van der Waals surface area contributed by atoms with Gasteiger partial charge in [-0.05, 0) is 159 Å². The summed E-state index contributed by atoms with van der Waals surface area (Å²) in [5.74, 6) is -6.49. The number of carboxylic acid groups (broad SMARTS) is 2. The number of carbonyl (C=O) groups is 6. The van der Waals surface area contributed by atoms with Crippen molar-refractivity contribution in [1.82, 2.24) is 0 Å². The number of nitrogens with zero attached hydrogens (tertiary/aromatic N) is 4. The van der Waals surface area contributed by atoms with E-state index in [1.807, 2.05) is 0 Å². The van der Waals surface area contributed by atoms with Gasteiger partial charge in [-0.1, -0.05) is 12.1 Å². The number of aliphatic hydroxyl groups excluding tert-OH is 2. The molecule has 6 aromatic carbocycles. The Morgan fingerprint density at radius 2 is 0.744 bits per heavy atom. The summed E-state index contributed by atoms with van der Waals surface area (Å²) >= 11 is 0. The minimum Gasteiger partial charge on any atom is -0.744 e. The van der Waals surface area contributed by atoms with E-state index in [2.05, 4.69) is 52.4 Å². The molecular weight excluding hydrogens is 1150 g/mol. The Labute approximate surface area is 556 Å². The molecule has 0 spiro atoms. The van der Waals surface area contributed by atoms with Crippen LogP contribution in [0, 0.1) is 13.8 Å². The molecule has 0 radical (unpaired) electrons. The molecule has 0 aliphatic heterocycles. The first-order valence-corrected chi connectivity index (χ1v) is 24.9. The average Bonchev–Trinajstić information content (AvgIpc) is 3.35. The number of carbonyl (C=O) groups excluding carboxylic acids is 6. The molecule has 6 rings (SSSR count). The summed E-state index contributed by atoms with van der Waals surface area (Å²) in [7, 11) is -9.44. The van der Waals surface area contributed by atoms with Gasteiger partial charge < -0.3 is 71.0 Å². The average molecular weight is 1190 g/mol. The number of benzene rings is 6. The van der Waals surface area contributed by atoms with Crippen molar-refractivity contribution in [3.8, 4) is 11.1 Å². The summed E-state index contributed by atoms with van der Waals surface area (Å²) in [6, 6.07) is 23.5. The quantitative estimate of drug-likeness (QED) is 0.0139. The number of azo groups is 2. The van der Waals surface area contributed by atoms with E-state index < -0.39 is 99.9 Å². The summed E-state index contributed by atoms with van der Waals surface area (Å²) in [4.78, 5) is 74.9. The molecule has 26 nitrogen and oxygen atoms in total. The molecule has 0 saturated heterocycles. The summed E-state index contributed by atoms with van der Waals surface area (Å²) in [6.07, 6.45) is 0. The van der Waals surface area contributed by atoms with Crippen molar-refractivity contribution >= 4 is 102 Å². The number of urea groups is 2. The van der Waals surface area contributed by atoms with Crippen LogP contribution in [0.1, 0.15) is 45.7 Å². The van der Waals surface area contributed by atoms with Gasteiger partial charge in [0.25, 0.3) is 11.8 Å². The third-order valence-corrected chi connectivity index (χ3v) is 12.4. The minimum atomic E-state index is -4.72. The summed E-state index contributed by atoms with van der Waals surface area (Å²) in [6.45, 7) is 5.65. The van der Waals surface area contributed by atoms with Crippen LogP contribution in [-0.4, -0.2) is 72.0 Å². The predicted octanol–water partition coefficient (Wildman–Crippen LogP) is -5.17. The zero-order valence-corrected chi connectivity index (χ0v) is 54.4. The van der Waals surface area contributed by atoms with Crippen molar-refractivity contribution in [1.29, 1.82) is 0 Å². The van der Waals surface area contributed by atoms with Crippen LogP contribution in [0.4, 0.5) is 55.1 Å². The van der Waals surface area contributed by atoms with Crippen molar-refractivity contribution in [2.45, 2.75) is 37.5 Å². The van der Waals surface area contributed by atoms with Crippen LogP contribution in [0.5, 0.6) is 0 Å². The number of hydrogen-bond acceptors (Lipinski definition) is 20. The molecule has 0 heterocycles. The molecule has 0 fully saturated rings. The Morgan fingerprint density at radius 1 is 0.439 bits per heavy atom. The van der Waals surface area contributed by atoms with Gasteiger partial charge in [0.2, 0.25) is 0 Å². The van der Waals surface area contributed by atoms with E-state index in [9.17, 15) is 75.1 Å². The Morgan fingerprint density at radius 3 is 1.02 bits per heavy atom. The molecule has 0 unspecified atom stereocenters. The smallest absolute Gasteiger partial charge is 0.744 e. The molecule has 82 heavy (non-hydrogen) atoms. The fourth-order valence-electron chi connectivity index (χ4n) is 6.83. The number of allylic oxidation sites excluding steroid dienone is 2. The van der Waals surface area contributed by atoms with E-state index >= 15 is 0 Å². The summed E-state index contributed by atoms with van der Waals surface area (Å²) in [5, 5.41) is 74.9. The molecular formula is C50H40N10Na4O16S2. The van der Waals surface area contributed by atoms with Crippen molar-refractivity contribution in [3.05, 3.63) is 166 Å². The Balaban J connectivity index is 0.00000574. The summed E-state index contributed by atoms with van der Waals surface area (Å²) in [5.41, 5.74) is 0.135. The minimum absolute atomic E-state index is 0. The molecule has 0 bridgehead atoms. The van der Waals surface area contributed by atoms with Gasteiger partial charge in [0.1, 0.15) is 31.8 Å². The van der Waals surface area contributed by atoms with Crippen molar-refractivity contribution in [2.75, 3.05) is 31.9 Å². The van der Waals surface area contributed by atoms with Gasteiger partial charge >= 0.3 is 130 Å². The Kier molecular flexibility index (Phi) is 27.6. The second-order valence-corrected chi connectivity index (χ2v) is 19.1. The number of aromatic carboxylic acids is 2. The largest absolute Gasteiger partial charge is 1.00 e. The molecule has 32 heteroatoms. The zero-order chi connectivity index (χ0) is 57.2. The van der Waals surface area contributed by atoms with E-state index in [-0.39, 0.29) is 164 Å². The number of aryl methyl sites for hydroxylation is 2. The third kappa shape index (κ3) is 20.0. The van der Waals surface area contributed by atoms with Gasteiger partial charge in [-0.3, -0.25) is 9.59 Å². The number of nitrogens with one attached hydrogen (secondary N) is 6. The second-order valence-electron chi connectivity index (χ2n) is 16.4. The molecule has 0 atom stereocenters. The maximum atomic E-state index is 13.4. The molecule has 402 valence electrons. The summed E-state index contributed by atoms with van der Waals surface area (Å²) < 4.78 is 67.0. The Bertz CT molecular complexity index is 3560. The van der Waals surface area contributed by atoms with Crippen LogP contribution in [0.2, 0.25) is 0 Å². The molecule has 0 saturated carbocycles. The van der Waals surface area contributed by atoms with Gasteiger partial charge in [0.15, 0.2) is 11.4 Å². The number of carboxylic acids is 2. The molecule has 0 aliphatic rings. The predicted molar refractivity (Wildman–Crippen MR) is 274 cm³/mol. The number of amides is 6. The number of hydrogen-bond donors (Lipinski definition) is 8. The van der Waals surface area contributed by atoms with Gasteiger partial charge in [0, 0.05) is 45.3 Å². The van der Waals surface area contributed by atoms with E-state index in [0.29, 0.717) is 22.3 Å². The van der Waals surface area contributed by atoms with Crippen LogP contribution in [0.3, 0.4) is 0 Å². The van der Waals surface area contributed by atoms with Crippen molar-refractivity contribution in [2.24, 2.45) is 20.5 Å². The maximum Gasteiger partial charge on any atom is 1.00 e. The third-order valence-electron chi connectivity index (χ3n) is 10.7. The van der Waals surface area contributed by atoms with Crippen LogP contribution < -0.4 is 160 Å². The number of anilines is 6. The van der Waals surface area contributed by atoms with E-state index in [0.717, 1.165) is 86.6 Å². The molecule has 0 aromatic heterocycles. The monoisotopic (exact) mass is 1190 g/mol. The Hall–Kier alpha value is -6.16. The van der Waals surface area contributed by atoms with Crippen LogP contribution >= 0.6 is 0 Å². The van der Waals surface area contributed by atoms with Gasteiger partial charge in [-0.2, -0.15) is 0 Å². The first-order valence-electron chi connectivity index (χ1n) is 22.1. The zero-order valence-electron chi connectivity index (χ0n) is 44.8. The van der Waals surface area contributed by atoms with Gasteiger partial charge in [-0.25, -0.2) is 26.4 Å².